The van der Waals surface area contributed by atoms with Crippen LogP contribution in [0.3, 0.4) is 0 Å². The normalized spacial score (nSPS) is 13.0. The Morgan fingerprint density at radius 1 is 1.50 bits per heavy atom. The highest BCUT2D eigenvalue weighted by Crippen LogP contribution is 2.18. The molecule has 0 radical (unpaired) electrons. The second kappa shape index (κ2) is 7.01. The lowest BCUT2D eigenvalue weighted by atomic mass is 10.1. The van der Waals surface area contributed by atoms with Crippen molar-refractivity contribution in [3.63, 3.8) is 0 Å². The van der Waals surface area contributed by atoms with E-state index in [1.165, 1.54) is 0 Å². The maximum absolute atomic E-state index is 13.7. The molecule has 1 amide bonds. The van der Waals surface area contributed by atoms with Gasteiger partial charge in [-0.3, -0.25) is 4.79 Å². The Labute approximate surface area is 121 Å². The summed E-state index contributed by atoms with van der Waals surface area (Å²) in [7, 11) is 2.62. The van der Waals surface area contributed by atoms with Gasteiger partial charge in [0.15, 0.2) is 0 Å². The minimum Gasteiger partial charge on any atom is -0.385 e. The zero-order valence-corrected chi connectivity index (χ0v) is 12.6. The molecule has 0 saturated carbocycles. The number of methoxy groups -OCH3 is 1. The average molecular weight is 324 g/mol. The monoisotopic (exact) mass is 323 g/mol. The Balaban J connectivity index is 2.84. The minimum atomic E-state index is -4.02. The number of hydrogen-bond acceptors (Lipinski definition) is 4. The van der Waals surface area contributed by atoms with Crippen LogP contribution >= 0.6 is 10.7 Å². The van der Waals surface area contributed by atoms with Crippen molar-refractivity contribution in [1.82, 2.24) is 5.32 Å². The first-order valence-corrected chi connectivity index (χ1v) is 8.10. The largest absolute Gasteiger partial charge is 0.385 e. The van der Waals surface area contributed by atoms with Gasteiger partial charge in [0.25, 0.3) is 15.0 Å². The summed E-state index contributed by atoms with van der Waals surface area (Å²) in [6.45, 7) is 2.22. The molecule has 1 unspecified atom stereocenters. The number of amides is 1. The molecule has 0 saturated heterocycles. The summed E-state index contributed by atoms with van der Waals surface area (Å²) >= 11 is 0. The van der Waals surface area contributed by atoms with Crippen molar-refractivity contribution in [3.8, 4) is 0 Å². The van der Waals surface area contributed by atoms with Gasteiger partial charge < -0.3 is 10.1 Å². The van der Waals surface area contributed by atoms with Gasteiger partial charge in [-0.05, 0) is 31.5 Å². The molecule has 112 valence electrons. The van der Waals surface area contributed by atoms with Crippen LogP contribution in [0.5, 0.6) is 0 Å². The Hall–Kier alpha value is -1.18. The molecule has 5 nitrogen and oxygen atoms in total. The first kappa shape index (κ1) is 16.9. The summed E-state index contributed by atoms with van der Waals surface area (Å²) in [5.74, 6) is -1.56. The molecule has 0 aliphatic heterocycles. The van der Waals surface area contributed by atoms with E-state index in [0.29, 0.717) is 13.0 Å². The van der Waals surface area contributed by atoms with Gasteiger partial charge in [0.1, 0.15) is 5.82 Å². The van der Waals surface area contributed by atoms with Gasteiger partial charge >= 0.3 is 0 Å². The molecule has 0 aromatic heterocycles. The van der Waals surface area contributed by atoms with Crippen molar-refractivity contribution in [3.05, 3.63) is 29.6 Å². The second-order valence-corrected chi connectivity index (χ2v) is 6.80. The molecule has 1 aromatic rings. The van der Waals surface area contributed by atoms with Gasteiger partial charge in [0, 0.05) is 30.4 Å². The fraction of sp³-hybridized carbons (Fsp3) is 0.417. The summed E-state index contributed by atoms with van der Waals surface area (Å²) in [6, 6.07) is 2.69. The maximum atomic E-state index is 13.7. The van der Waals surface area contributed by atoms with Crippen LogP contribution in [-0.4, -0.2) is 34.1 Å². The third-order valence-corrected chi connectivity index (χ3v) is 3.95. The lowest BCUT2D eigenvalue weighted by molar-refractivity contribution is 0.0925. The van der Waals surface area contributed by atoms with E-state index in [2.05, 4.69) is 5.32 Å². The van der Waals surface area contributed by atoms with Crippen LogP contribution in [0.4, 0.5) is 4.39 Å². The number of carbonyl (C=O) groups excluding carboxylic acids is 1. The highest BCUT2D eigenvalue weighted by atomic mass is 35.7. The van der Waals surface area contributed by atoms with Gasteiger partial charge in [-0.1, -0.05) is 0 Å². The first-order chi connectivity index (χ1) is 9.25. The van der Waals surface area contributed by atoms with Crippen LogP contribution in [0.15, 0.2) is 23.1 Å². The van der Waals surface area contributed by atoms with E-state index in [-0.39, 0.29) is 16.5 Å². The molecule has 1 rings (SSSR count). The highest BCUT2D eigenvalue weighted by Gasteiger charge is 2.18. The average Bonchev–Trinajstić information content (AvgIpc) is 2.34. The van der Waals surface area contributed by atoms with Crippen molar-refractivity contribution in [1.29, 1.82) is 0 Å². The van der Waals surface area contributed by atoms with Crippen molar-refractivity contribution >= 4 is 25.6 Å². The maximum Gasteiger partial charge on any atom is 0.261 e. The Bertz CT molecular complexity index is 591. The first-order valence-electron chi connectivity index (χ1n) is 5.79. The van der Waals surface area contributed by atoms with Gasteiger partial charge in [0.05, 0.1) is 10.5 Å². The Morgan fingerprint density at radius 2 is 2.15 bits per heavy atom. The van der Waals surface area contributed by atoms with Crippen molar-refractivity contribution in [2.24, 2.45) is 0 Å². The second-order valence-electron chi connectivity index (χ2n) is 4.24. The number of carbonyl (C=O) groups is 1. The Kier molecular flexibility index (Phi) is 5.91. The van der Waals surface area contributed by atoms with E-state index in [1.807, 2.05) is 0 Å². The fourth-order valence-electron chi connectivity index (χ4n) is 1.50. The topological polar surface area (TPSA) is 72.5 Å². The van der Waals surface area contributed by atoms with Crippen LogP contribution < -0.4 is 5.32 Å². The molecule has 0 fully saturated rings. The number of benzene rings is 1. The molecule has 1 atom stereocenters. The van der Waals surface area contributed by atoms with E-state index in [1.54, 1.807) is 14.0 Å². The molecule has 20 heavy (non-hydrogen) atoms. The smallest absolute Gasteiger partial charge is 0.261 e. The van der Waals surface area contributed by atoms with Crippen LogP contribution in [0.1, 0.15) is 23.7 Å². The molecule has 0 bridgehead atoms. The van der Waals surface area contributed by atoms with E-state index < -0.39 is 20.8 Å². The van der Waals surface area contributed by atoms with E-state index in [4.69, 9.17) is 15.4 Å². The zero-order valence-electron chi connectivity index (χ0n) is 11.0. The Morgan fingerprint density at radius 3 is 2.65 bits per heavy atom. The quantitative estimate of drug-likeness (QED) is 0.812. The zero-order chi connectivity index (χ0) is 15.3. The highest BCUT2D eigenvalue weighted by molar-refractivity contribution is 8.13. The van der Waals surface area contributed by atoms with Crippen LogP contribution in [0.25, 0.3) is 0 Å². The minimum absolute atomic E-state index is 0.196. The molecular formula is C12H15ClFNO4S. The molecule has 8 heteroatoms. The molecule has 0 aliphatic rings. The predicted molar refractivity (Wildman–Crippen MR) is 72.9 cm³/mol. The van der Waals surface area contributed by atoms with Gasteiger partial charge in [-0.2, -0.15) is 0 Å². The summed E-state index contributed by atoms with van der Waals surface area (Å²) in [6.07, 6.45) is 0.581. The third kappa shape index (κ3) is 4.73. The molecule has 0 spiro atoms. The lowest BCUT2D eigenvalue weighted by Crippen LogP contribution is -2.33. The van der Waals surface area contributed by atoms with E-state index in [9.17, 15) is 17.6 Å². The molecular weight excluding hydrogens is 309 g/mol. The standard InChI is InChI=1S/C12H15ClFNO4S/c1-8(5-6-19-2)15-12(16)10-4-3-9(7-11(10)14)20(13,17)18/h3-4,7-8H,5-6H2,1-2H3,(H,15,16). The third-order valence-electron chi connectivity index (χ3n) is 2.60. The van der Waals surface area contributed by atoms with Crippen LogP contribution in [-0.2, 0) is 13.8 Å². The summed E-state index contributed by atoms with van der Waals surface area (Å²) in [5, 5.41) is 2.59. The van der Waals surface area contributed by atoms with Gasteiger partial charge in [-0.15, -0.1) is 0 Å². The molecule has 0 aliphatic carbocycles. The number of halogens is 2. The molecule has 1 aromatic carbocycles. The van der Waals surface area contributed by atoms with E-state index >= 15 is 0 Å². The van der Waals surface area contributed by atoms with Crippen LogP contribution in [0, 0.1) is 5.82 Å². The molecule has 0 heterocycles. The van der Waals surface area contributed by atoms with Gasteiger partial charge in [-0.25, -0.2) is 12.8 Å². The number of rotatable bonds is 6. The number of hydrogen-bond donors (Lipinski definition) is 1. The van der Waals surface area contributed by atoms with E-state index in [0.717, 1.165) is 18.2 Å². The van der Waals surface area contributed by atoms with Crippen molar-refractivity contribution < 1.29 is 22.3 Å². The fourth-order valence-corrected chi connectivity index (χ4v) is 2.26. The summed E-state index contributed by atoms with van der Waals surface area (Å²) in [4.78, 5) is 11.4. The van der Waals surface area contributed by atoms with Gasteiger partial charge in [0.2, 0.25) is 0 Å². The summed E-state index contributed by atoms with van der Waals surface area (Å²) in [5.41, 5.74) is -0.238. The molecule has 1 N–H and O–H groups in total. The number of ether oxygens (including phenoxy) is 1. The number of nitrogens with one attached hydrogen (secondary N) is 1. The van der Waals surface area contributed by atoms with Crippen LogP contribution in [0.2, 0.25) is 0 Å². The lowest BCUT2D eigenvalue weighted by Gasteiger charge is -2.13. The SMILES string of the molecule is COCCC(C)NC(=O)c1ccc(S(=O)(=O)Cl)cc1F. The van der Waals surface area contributed by atoms with Crippen molar-refractivity contribution in [2.75, 3.05) is 13.7 Å². The van der Waals surface area contributed by atoms with Crippen molar-refractivity contribution in [2.45, 2.75) is 24.3 Å². The predicted octanol–water partition coefficient (Wildman–Crippen LogP) is 1.91. The summed E-state index contributed by atoms with van der Waals surface area (Å²) < 4.78 is 40.7.